The van der Waals surface area contributed by atoms with Gasteiger partial charge in [-0.1, -0.05) is 238 Å². The van der Waals surface area contributed by atoms with Crippen molar-refractivity contribution in [1.29, 1.82) is 0 Å². The third-order valence-corrected chi connectivity index (χ3v) is 13.3. The number of aliphatic hydroxyl groups is 1. The van der Waals surface area contributed by atoms with Crippen molar-refractivity contribution in [1.82, 2.24) is 5.32 Å². The summed E-state index contributed by atoms with van der Waals surface area (Å²) in [5, 5.41) is 21.9. The highest BCUT2D eigenvalue weighted by molar-refractivity contribution is 7.47. The number of unbranched alkanes of at least 4 members (excludes halogenated alkanes) is 36. The number of carbonyl (C=O) groups excluding carboxylic acids is 2. The topological polar surface area (TPSA) is 169 Å². The number of phosphoric ester groups is 1. The van der Waals surface area contributed by atoms with Gasteiger partial charge in [0.25, 0.3) is 0 Å². The zero-order chi connectivity index (χ0) is 47.7. The summed E-state index contributed by atoms with van der Waals surface area (Å²) >= 11 is 0. The van der Waals surface area contributed by atoms with Gasteiger partial charge in [-0.05, 0) is 38.5 Å². The lowest BCUT2D eigenvalue weighted by atomic mass is 10.0. The largest absolute Gasteiger partial charge is 0.480 e. The van der Waals surface area contributed by atoms with Gasteiger partial charge in [-0.15, -0.1) is 0 Å². The van der Waals surface area contributed by atoms with Crippen molar-refractivity contribution in [3.05, 3.63) is 12.2 Å². The molecule has 0 bridgehead atoms. The Morgan fingerprint density at radius 1 is 0.477 bits per heavy atom. The molecule has 0 fully saturated rings. The molecule has 0 rings (SSSR count). The van der Waals surface area contributed by atoms with Crippen molar-refractivity contribution in [2.45, 2.75) is 289 Å². The minimum Gasteiger partial charge on any atom is -0.480 e. The van der Waals surface area contributed by atoms with E-state index in [1.807, 2.05) is 0 Å². The molecule has 0 spiro atoms. The normalized spacial score (nSPS) is 13.5. The molecule has 3 atom stereocenters. The van der Waals surface area contributed by atoms with Crippen LogP contribution in [0.2, 0.25) is 0 Å². The highest BCUT2D eigenvalue weighted by Gasteiger charge is 2.28. The molecule has 0 aromatic rings. The van der Waals surface area contributed by atoms with Crippen LogP contribution < -0.4 is 5.32 Å². The molecule has 65 heavy (non-hydrogen) atoms. The van der Waals surface area contributed by atoms with Crippen molar-refractivity contribution in [2.75, 3.05) is 19.8 Å². The highest BCUT2D eigenvalue weighted by atomic mass is 31.2. The molecule has 0 aliphatic carbocycles. The minimum absolute atomic E-state index is 0.144. The molecule has 0 radical (unpaired) electrons. The molecule has 3 unspecified atom stereocenters. The SMILES string of the molecule is CCCCCCCCC/C=C\CCCCCCCCCC(=O)NC(COP(=O)(O)OCC(O)COC(=O)CCCCCCCCCCCCCCCCCCCCCCCCC)C(=O)O. The molecular weight excluding hydrogens is 842 g/mol. The summed E-state index contributed by atoms with van der Waals surface area (Å²) in [4.78, 5) is 46.2. The van der Waals surface area contributed by atoms with Crippen LogP contribution in [-0.2, 0) is 32.7 Å². The van der Waals surface area contributed by atoms with Gasteiger partial charge in [-0.25, -0.2) is 9.36 Å². The molecule has 0 heterocycles. The van der Waals surface area contributed by atoms with Crippen LogP contribution >= 0.6 is 7.82 Å². The van der Waals surface area contributed by atoms with Crippen molar-refractivity contribution in [3.63, 3.8) is 0 Å². The predicted octanol–water partition coefficient (Wildman–Crippen LogP) is 15.2. The van der Waals surface area contributed by atoms with Gasteiger partial charge in [-0.2, -0.15) is 0 Å². The fourth-order valence-corrected chi connectivity index (χ4v) is 8.85. The van der Waals surface area contributed by atoms with Crippen molar-refractivity contribution in [2.24, 2.45) is 0 Å². The van der Waals surface area contributed by atoms with Gasteiger partial charge >= 0.3 is 19.8 Å². The average molecular weight is 944 g/mol. The number of carboxylic acids is 1. The quantitative estimate of drug-likeness (QED) is 0.0199. The van der Waals surface area contributed by atoms with E-state index in [2.05, 4.69) is 31.3 Å². The number of aliphatic hydroxyl groups excluding tert-OH is 1. The van der Waals surface area contributed by atoms with Crippen LogP contribution in [0, 0.1) is 0 Å². The minimum atomic E-state index is -4.76. The van der Waals surface area contributed by atoms with E-state index in [4.69, 9.17) is 13.8 Å². The second kappa shape index (κ2) is 48.7. The van der Waals surface area contributed by atoms with Crippen LogP contribution in [0.3, 0.4) is 0 Å². The van der Waals surface area contributed by atoms with E-state index >= 15 is 0 Å². The monoisotopic (exact) mass is 944 g/mol. The maximum atomic E-state index is 12.4. The third kappa shape index (κ3) is 48.5. The van der Waals surface area contributed by atoms with Crippen molar-refractivity contribution < 1.29 is 47.8 Å². The van der Waals surface area contributed by atoms with E-state index in [0.717, 1.165) is 51.4 Å². The Morgan fingerprint density at radius 2 is 0.800 bits per heavy atom. The molecule has 0 aromatic heterocycles. The maximum absolute atomic E-state index is 12.4. The standard InChI is InChI=1S/C53H102NO10P/c1-3-5-7-9-11-13-15-17-19-21-23-24-25-26-27-29-31-33-35-37-39-41-43-45-52(57)62-46-49(55)47-63-65(60,61)64-48-50(53(58)59)54-51(56)44-42-40-38-36-34-32-30-28-22-20-18-16-14-12-10-8-6-4-2/h20,22,49-50,55H,3-19,21,23-48H2,1-2H3,(H,54,56)(H,58,59)(H,60,61)/b22-20-. The van der Waals surface area contributed by atoms with E-state index in [1.54, 1.807) is 0 Å². The summed E-state index contributed by atoms with van der Waals surface area (Å²) < 4.78 is 27.0. The molecule has 0 aromatic carbocycles. The number of esters is 1. The summed E-state index contributed by atoms with van der Waals surface area (Å²) in [6.45, 7) is 2.65. The van der Waals surface area contributed by atoms with Crippen LogP contribution in [0.25, 0.3) is 0 Å². The van der Waals surface area contributed by atoms with Crippen LogP contribution in [0.15, 0.2) is 12.2 Å². The third-order valence-electron chi connectivity index (χ3n) is 12.3. The van der Waals surface area contributed by atoms with Gasteiger partial charge in [0, 0.05) is 12.8 Å². The van der Waals surface area contributed by atoms with Gasteiger partial charge in [0.15, 0.2) is 6.04 Å². The second-order valence-corrected chi connectivity index (χ2v) is 20.2. The lowest BCUT2D eigenvalue weighted by Gasteiger charge is -2.18. The Kier molecular flexibility index (Phi) is 47.3. The number of hydrogen-bond acceptors (Lipinski definition) is 8. The molecular formula is C53H102NO10P. The zero-order valence-electron chi connectivity index (χ0n) is 42.1. The Bertz CT molecular complexity index is 1150. The summed E-state index contributed by atoms with van der Waals surface area (Å²) in [6.07, 6.45) is 52.4. The number of aliphatic carboxylic acids is 1. The van der Waals surface area contributed by atoms with E-state index in [0.29, 0.717) is 12.8 Å². The number of carboxylic acid groups (broad SMARTS) is 1. The van der Waals surface area contributed by atoms with Gasteiger partial charge in [0.1, 0.15) is 12.7 Å². The molecule has 0 aliphatic rings. The molecule has 1 amide bonds. The Hall–Kier alpha value is -1.78. The number of phosphoric acid groups is 1. The van der Waals surface area contributed by atoms with E-state index in [-0.39, 0.29) is 12.8 Å². The van der Waals surface area contributed by atoms with Gasteiger partial charge in [0.2, 0.25) is 5.91 Å². The summed E-state index contributed by atoms with van der Waals surface area (Å²) in [5.41, 5.74) is 0. The maximum Gasteiger partial charge on any atom is 0.472 e. The first-order chi connectivity index (χ1) is 31.6. The van der Waals surface area contributed by atoms with Gasteiger partial charge in [-0.3, -0.25) is 18.6 Å². The first-order valence-corrected chi connectivity index (χ1v) is 28.7. The smallest absolute Gasteiger partial charge is 0.472 e. The average Bonchev–Trinajstić information content (AvgIpc) is 3.28. The first-order valence-electron chi connectivity index (χ1n) is 27.2. The number of rotatable bonds is 52. The van der Waals surface area contributed by atoms with E-state index in [1.165, 1.54) is 186 Å². The number of allylic oxidation sites excluding steroid dienone is 2. The summed E-state index contributed by atoms with van der Waals surface area (Å²) in [7, 11) is -4.76. The van der Waals surface area contributed by atoms with Crippen LogP contribution in [0.1, 0.15) is 277 Å². The van der Waals surface area contributed by atoms with E-state index in [9.17, 15) is 34.1 Å². The fourth-order valence-electron chi connectivity index (χ4n) is 8.08. The summed E-state index contributed by atoms with van der Waals surface area (Å²) in [6, 6.07) is -1.55. The molecule has 0 saturated heterocycles. The second-order valence-electron chi connectivity index (χ2n) is 18.8. The van der Waals surface area contributed by atoms with E-state index < -0.39 is 57.6 Å². The fraction of sp³-hybridized carbons (Fsp3) is 0.906. The Morgan fingerprint density at radius 3 is 1.17 bits per heavy atom. The first kappa shape index (κ1) is 63.2. The molecule has 11 nitrogen and oxygen atoms in total. The van der Waals surface area contributed by atoms with Crippen LogP contribution in [0.5, 0.6) is 0 Å². The van der Waals surface area contributed by atoms with Gasteiger partial charge in [0.05, 0.1) is 13.2 Å². The Balaban J connectivity index is 3.75. The predicted molar refractivity (Wildman–Crippen MR) is 268 cm³/mol. The lowest BCUT2D eigenvalue weighted by Crippen LogP contribution is -2.43. The van der Waals surface area contributed by atoms with Crippen LogP contribution in [0.4, 0.5) is 0 Å². The number of ether oxygens (including phenoxy) is 1. The molecule has 384 valence electrons. The molecule has 4 N–H and O–H groups in total. The number of carbonyl (C=O) groups is 3. The Labute approximate surface area is 398 Å². The number of amides is 1. The van der Waals surface area contributed by atoms with Gasteiger partial charge < -0.3 is 25.2 Å². The molecule has 0 saturated carbocycles. The summed E-state index contributed by atoms with van der Waals surface area (Å²) in [5.74, 6) is -2.36. The zero-order valence-corrected chi connectivity index (χ0v) is 43.0. The van der Waals surface area contributed by atoms with Crippen molar-refractivity contribution >= 4 is 25.7 Å². The molecule has 12 heteroatoms. The lowest BCUT2D eigenvalue weighted by molar-refractivity contribution is -0.147. The highest BCUT2D eigenvalue weighted by Crippen LogP contribution is 2.43. The van der Waals surface area contributed by atoms with Crippen LogP contribution in [-0.4, -0.2) is 64.9 Å². The molecule has 0 aliphatic heterocycles. The number of hydrogen-bond donors (Lipinski definition) is 4. The van der Waals surface area contributed by atoms with Crippen molar-refractivity contribution in [3.8, 4) is 0 Å². The number of nitrogens with one attached hydrogen (secondary N) is 1.